The topological polar surface area (TPSA) is 51.2 Å². The van der Waals surface area contributed by atoms with E-state index in [0.717, 1.165) is 42.0 Å². The van der Waals surface area contributed by atoms with Gasteiger partial charge in [-0.05, 0) is 25.8 Å². The SMILES string of the molecule is CCOC(=O)c1cc(-c2ccccc2)nc2c1CCCN2. The van der Waals surface area contributed by atoms with Crippen molar-refractivity contribution in [3.63, 3.8) is 0 Å². The largest absolute Gasteiger partial charge is 0.462 e. The van der Waals surface area contributed by atoms with Crippen molar-refractivity contribution in [1.82, 2.24) is 4.98 Å². The van der Waals surface area contributed by atoms with Crippen LogP contribution >= 0.6 is 0 Å². The van der Waals surface area contributed by atoms with Crippen LogP contribution in [0.2, 0.25) is 0 Å². The Kier molecular flexibility index (Phi) is 3.86. The Morgan fingerprint density at radius 1 is 1.33 bits per heavy atom. The van der Waals surface area contributed by atoms with Crippen LogP contribution in [0.1, 0.15) is 29.3 Å². The Balaban J connectivity index is 2.11. The van der Waals surface area contributed by atoms with Crippen LogP contribution in [0.4, 0.5) is 5.82 Å². The summed E-state index contributed by atoms with van der Waals surface area (Å²) < 4.78 is 5.19. The summed E-state index contributed by atoms with van der Waals surface area (Å²) in [6.45, 7) is 3.09. The molecular weight excluding hydrogens is 264 g/mol. The summed E-state index contributed by atoms with van der Waals surface area (Å²) in [6, 6.07) is 11.7. The molecule has 0 saturated heterocycles. The number of pyridine rings is 1. The number of hydrogen-bond acceptors (Lipinski definition) is 4. The van der Waals surface area contributed by atoms with Crippen LogP contribution in [0.3, 0.4) is 0 Å². The number of carbonyl (C=O) groups is 1. The molecule has 4 heteroatoms. The molecule has 1 aromatic heterocycles. The van der Waals surface area contributed by atoms with Gasteiger partial charge in [-0.2, -0.15) is 0 Å². The van der Waals surface area contributed by atoms with E-state index in [1.807, 2.05) is 43.3 Å². The maximum atomic E-state index is 12.2. The number of rotatable bonds is 3. The molecule has 3 rings (SSSR count). The lowest BCUT2D eigenvalue weighted by atomic mass is 9.98. The van der Waals surface area contributed by atoms with Gasteiger partial charge in [0.25, 0.3) is 0 Å². The van der Waals surface area contributed by atoms with Crippen molar-refractivity contribution in [2.75, 3.05) is 18.5 Å². The van der Waals surface area contributed by atoms with E-state index < -0.39 is 0 Å². The second-order valence-electron chi connectivity index (χ2n) is 5.00. The van der Waals surface area contributed by atoms with E-state index in [4.69, 9.17) is 4.74 Å². The molecule has 0 amide bonds. The molecule has 0 atom stereocenters. The third kappa shape index (κ3) is 2.75. The highest BCUT2D eigenvalue weighted by atomic mass is 16.5. The van der Waals surface area contributed by atoms with E-state index in [1.165, 1.54) is 0 Å². The molecular formula is C17H18N2O2. The predicted molar refractivity (Wildman–Crippen MR) is 82.4 cm³/mol. The monoisotopic (exact) mass is 282 g/mol. The fourth-order valence-electron chi connectivity index (χ4n) is 2.59. The third-order valence-corrected chi connectivity index (χ3v) is 3.59. The number of hydrogen-bond donors (Lipinski definition) is 1. The van der Waals surface area contributed by atoms with Gasteiger partial charge in [0.15, 0.2) is 0 Å². The Bertz CT molecular complexity index is 653. The van der Waals surface area contributed by atoms with Crippen molar-refractivity contribution >= 4 is 11.8 Å². The van der Waals surface area contributed by atoms with E-state index in [0.29, 0.717) is 12.2 Å². The van der Waals surface area contributed by atoms with Gasteiger partial charge in [-0.3, -0.25) is 0 Å². The highest BCUT2D eigenvalue weighted by molar-refractivity contribution is 5.94. The number of benzene rings is 1. The number of carbonyl (C=O) groups excluding carboxylic acids is 1. The summed E-state index contributed by atoms with van der Waals surface area (Å²) in [7, 11) is 0. The van der Waals surface area contributed by atoms with Gasteiger partial charge in [-0.1, -0.05) is 30.3 Å². The minimum Gasteiger partial charge on any atom is -0.462 e. The molecule has 108 valence electrons. The fourth-order valence-corrected chi connectivity index (χ4v) is 2.59. The summed E-state index contributed by atoms with van der Waals surface area (Å²) in [5, 5.41) is 3.29. The lowest BCUT2D eigenvalue weighted by molar-refractivity contribution is 0.0525. The predicted octanol–water partition coefficient (Wildman–Crippen LogP) is 3.28. The molecule has 1 aromatic carbocycles. The molecule has 0 unspecified atom stereocenters. The first-order valence-electron chi connectivity index (χ1n) is 7.30. The first-order chi connectivity index (χ1) is 10.3. The number of nitrogens with zero attached hydrogens (tertiary/aromatic N) is 1. The standard InChI is InChI=1S/C17H18N2O2/c1-2-21-17(20)14-11-15(12-7-4-3-5-8-12)19-16-13(14)9-6-10-18-16/h3-5,7-8,11H,2,6,9-10H2,1H3,(H,18,19). The molecule has 1 N–H and O–H groups in total. The molecule has 0 bridgehead atoms. The van der Waals surface area contributed by atoms with Crippen molar-refractivity contribution < 1.29 is 9.53 Å². The van der Waals surface area contributed by atoms with Crippen LogP contribution in [0.5, 0.6) is 0 Å². The number of aromatic nitrogens is 1. The molecule has 0 spiro atoms. The molecule has 0 aliphatic carbocycles. The molecule has 21 heavy (non-hydrogen) atoms. The number of ether oxygens (including phenoxy) is 1. The quantitative estimate of drug-likeness (QED) is 0.878. The van der Waals surface area contributed by atoms with E-state index >= 15 is 0 Å². The smallest absolute Gasteiger partial charge is 0.338 e. The average Bonchev–Trinajstić information content (AvgIpc) is 2.55. The second-order valence-corrected chi connectivity index (χ2v) is 5.00. The van der Waals surface area contributed by atoms with Gasteiger partial charge in [-0.15, -0.1) is 0 Å². The molecule has 4 nitrogen and oxygen atoms in total. The summed E-state index contributed by atoms with van der Waals surface area (Å²) >= 11 is 0. The molecule has 0 saturated carbocycles. The summed E-state index contributed by atoms with van der Waals surface area (Å²) in [4.78, 5) is 16.9. The van der Waals surface area contributed by atoms with E-state index in [9.17, 15) is 4.79 Å². The van der Waals surface area contributed by atoms with E-state index in [1.54, 1.807) is 0 Å². The maximum absolute atomic E-state index is 12.2. The number of esters is 1. The fraction of sp³-hybridized carbons (Fsp3) is 0.294. The molecule has 2 aromatic rings. The summed E-state index contributed by atoms with van der Waals surface area (Å²) in [6.07, 6.45) is 1.87. The van der Waals surface area contributed by atoms with Gasteiger partial charge in [0.1, 0.15) is 5.82 Å². The third-order valence-electron chi connectivity index (χ3n) is 3.59. The van der Waals surface area contributed by atoms with Gasteiger partial charge < -0.3 is 10.1 Å². The molecule has 0 fully saturated rings. The van der Waals surface area contributed by atoms with Crippen LogP contribution in [-0.2, 0) is 11.2 Å². The van der Waals surface area contributed by atoms with Crippen LogP contribution in [-0.4, -0.2) is 24.1 Å². The number of fused-ring (bicyclic) bond motifs is 1. The second kappa shape index (κ2) is 5.95. The highest BCUT2D eigenvalue weighted by Crippen LogP contribution is 2.29. The summed E-state index contributed by atoms with van der Waals surface area (Å²) in [5.74, 6) is 0.544. The Morgan fingerprint density at radius 3 is 2.90 bits per heavy atom. The molecule has 0 radical (unpaired) electrons. The minimum atomic E-state index is -0.267. The van der Waals surface area contributed by atoms with Crippen LogP contribution < -0.4 is 5.32 Å². The zero-order chi connectivity index (χ0) is 14.7. The van der Waals surface area contributed by atoms with Crippen LogP contribution in [0, 0.1) is 0 Å². The zero-order valence-electron chi connectivity index (χ0n) is 12.1. The van der Waals surface area contributed by atoms with Crippen molar-refractivity contribution in [3.8, 4) is 11.3 Å². The Hall–Kier alpha value is -2.36. The number of nitrogens with one attached hydrogen (secondary N) is 1. The minimum absolute atomic E-state index is 0.267. The van der Waals surface area contributed by atoms with Gasteiger partial charge >= 0.3 is 5.97 Å². The molecule has 2 heterocycles. The van der Waals surface area contributed by atoms with Gasteiger partial charge in [0.2, 0.25) is 0 Å². The molecule has 1 aliphatic heterocycles. The summed E-state index contributed by atoms with van der Waals surface area (Å²) in [5.41, 5.74) is 3.40. The molecule has 1 aliphatic rings. The van der Waals surface area contributed by atoms with Gasteiger partial charge in [-0.25, -0.2) is 9.78 Å². The van der Waals surface area contributed by atoms with E-state index in [2.05, 4.69) is 10.3 Å². The Labute approximate surface area is 124 Å². The first-order valence-corrected chi connectivity index (χ1v) is 7.30. The Morgan fingerprint density at radius 2 is 2.14 bits per heavy atom. The van der Waals surface area contributed by atoms with Crippen molar-refractivity contribution in [2.45, 2.75) is 19.8 Å². The lowest BCUT2D eigenvalue weighted by Crippen LogP contribution is -2.18. The van der Waals surface area contributed by atoms with Crippen LogP contribution in [0.15, 0.2) is 36.4 Å². The number of anilines is 1. The van der Waals surface area contributed by atoms with Gasteiger partial charge in [0.05, 0.1) is 17.9 Å². The highest BCUT2D eigenvalue weighted by Gasteiger charge is 2.21. The zero-order valence-corrected chi connectivity index (χ0v) is 12.1. The first kappa shape index (κ1) is 13.6. The van der Waals surface area contributed by atoms with Crippen LogP contribution in [0.25, 0.3) is 11.3 Å². The normalized spacial score (nSPS) is 13.2. The average molecular weight is 282 g/mol. The lowest BCUT2D eigenvalue weighted by Gasteiger charge is -2.20. The van der Waals surface area contributed by atoms with Crippen molar-refractivity contribution in [2.24, 2.45) is 0 Å². The maximum Gasteiger partial charge on any atom is 0.338 e. The van der Waals surface area contributed by atoms with Crippen molar-refractivity contribution in [3.05, 3.63) is 47.5 Å². The van der Waals surface area contributed by atoms with Gasteiger partial charge in [0, 0.05) is 17.7 Å². The van der Waals surface area contributed by atoms with E-state index in [-0.39, 0.29) is 5.97 Å². The van der Waals surface area contributed by atoms with Crippen molar-refractivity contribution in [1.29, 1.82) is 0 Å².